The number of methoxy groups -OCH3 is 1. The largest absolute Gasteiger partial charge is 0.514 e. The van der Waals surface area contributed by atoms with Gasteiger partial charge in [-0.3, -0.25) is 14.5 Å². The summed E-state index contributed by atoms with van der Waals surface area (Å²) in [6, 6.07) is 16.8. The van der Waals surface area contributed by atoms with Crippen molar-refractivity contribution in [3.63, 3.8) is 0 Å². The predicted octanol–water partition coefficient (Wildman–Crippen LogP) is 6.58. The number of carbonyl (C=O) groups excluding carboxylic acids is 5. The molecule has 1 N–H and O–H groups in total. The van der Waals surface area contributed by atoms with Gasteiger partial charge in [-0.15, -0.1) is 0 Å². The van der Waals surface area contributed by atoms with E-state index in [9.17, 15) is 24.0 Å². The second-order valence-electron chi connectivity index (χ2n) is 13.4. The molecule has 4 bridgehead atoms. The Hall–Kier alpha value is -5.39. The van der Waals surface area contributed by atoms with Crippen LogP contribution in [0.2, 0.25) is 0 Å². The summed E-state index contributed by atoms with van der Waals surface area (Å²) >= 11 is 0. The van der Waals surface area contributed by atoms with Crippen molar-refractivity contribution in [2.45, 2.75) is 78.2 Å². The average molecular weight is 703 g/mol. The summed E-state index contributed by atoms with van der Waals surface area (Å²) in [6.45, 7) is 9.00. The van der Waals surface area contributed by atoms with E-state index in [1.807, 2.05) is 37.3 Å². The maximum atomic E-state index is 14.2. The Bertz CT molecular complexity index is 1730. The van der Waals surface area contributed by atoms with Crippen LogP contribution in [0.3, 0.4) is 0 Å². The van der Waals surface area contributed by atoms with E-state index >= 15 is 0 Å². The lowest BCUT2D eigenvalue weighted by molar-refractivity contribution is -0.145. The lowest BCUT2D eigenvalue weighted by atomic mass is 9.90. The van der Waals surface area contributed by atoms with Crippen molar-refractivity contribution in [3.05, 3.63) is 83.4 Å². The minimum atomic E-state index is -1.19. The number of benzene rings is 3. The van der Waals surface area contributed by atoms with Gasteiger partial charge in [-0.1, -0.05) is 56.3 Å². The number of esters is 1. The molecule has 0 aromatic heterocycles. The molecule has 12 nitrogen and oxygen atoms in total. The van der Waals surface area contributed by atoms with Crippen molar-refractivity contribution in [3.8, 4) is 22.6 Å². The van der Waals surface area contributed by atoms with E-state index in [0.717, 1.165) is 5.56 Å². The molecule has 0 spiro atoms. The lowest BCUT2D eigenvalue weighted by Gasteiger charge is -2.29. The van der Waals surface area contributed by atoms with Gasteiger partial charge in [0.1, 0.15) is 35.8 Å². The fourth-order valence-corrected chi connectivity index (χ4v) is 5.57. The zero-order chi connectivity index (χ0) is 37.3. The average Bonchev–Trinajstić information content (AvgIpc) is 3.09. The van der Waals surface area contributed by atoms with Gasteiger partial charge in [0.2, 0.25) is 5.91 Å². The van der Waals surface area contributed by atoms with E-state index < -0.39 is 53.5 Å². The molecule has 0 unspecified atom stereocenters. The van der Waals surface area contributed by atoms with Crippen LogP contribution in [0.1, 0.15) is 70.2 Å². The summed E-state index contributed by atoms with van der Waals surface area (Å²) < 4.78 is 27.9. The Balaban J connectivity index is 1.90. The highest BCUT2D eigenvalue weighted by Crippen LogP contribution is 2.41. The standard InChI is InChI=1S/C39H46N2O10/c1-8-18-48-32-17-15-27-22-29(32)28-20-26(14-16-33(28)50-38(46)51-39(3,4)5)21-30(36(44)47-7)40-35(43)24(2)19-31(42)34(27)41(6)37(45)49-23-25-12-10-9-11-13-25/h9-17,20,22,24,30,34H,8,18-19,21,23H2,1-7H3,(H,40,43)/t24-,30+,34+/m1/s1. The van der Waals surface area contributed by atoms with Crippen molar-refractivity contribution in [2.75, 3.05) is 20.8 Å². The molecule has 0 fully saturated rings. The van der Waals surface area contributed by atoms with Crippen molar-refractivity contribution < 1.29 is 47.7 Å². The maximum absolute atomic E-state index is 14.2. The first-order valence-corrected chi connectivity index (χ1v) is 16.9. The van der Waals surface area contributed by atoms with Gasteiger partial charge in [0.15, 0.2) is 5.78 Å². The Labute approximate surface area is 298 Å². The molecule has 2 amide bonds. The van der Waals surface area contributed by atoms with E-state index in [1.165, 1.54) is 19.1 Å². The molecule has 0 aliphatic carbocycles. The molecule has 3 atom stereocenters. The Morgan fingerprint density at radius 2 is 1.61 bits per heavy atom. The summed E-state index contributed by atoms with van der Waals surface area (Å²) in [4.78, 5) is 68.1. The summed E-state index contributed by atoms with van der Waals surface area (Å²) in [5.74, 6) is -2.00. The number of fused-ring (bicyclic) bond motifs is 5. The first kappa shape index (κ1) is 38.4. The summed E-state index contributed by atoms with van der Waals surface area (Å²) in [7, 11) is 2.67. The van der Waals surface area contributed by atoms with Crippen LogP contribution >= 0.6 is 0 Å². The lowest BCUT2D eigenvalue weighted by Crippen LogP contribution is -2.46. The number of amides is 2. The highest BCUT2D eigenvalue weighted by molar-refractivity contribution is 5.94. The third-order valence-electron chi connectivity index (χ3n) is 8.08. The highest BCUT2D eigenvalue weighted by atomic mass is 16.7. The molecule has 0 saturated heterocycles. The van der Waals surface area contributed by atoms with Gasteiger partial charge in [-0.25, -0.2) is 14.4 Å². The minimum absolute atomic E-state index is 0.0220. The van der Waals surface area contributed by atoms with Crippen molar-refractivity contribution in [1.29, 1.82) is 0 Å². The second-order valence-corrected chi connectivity index (χ2v) is 13.4. The Kier molecular flexibility index (Phi) is 12.8. The molecule has 3 aromatic rings. The molecule has 12 heteroatoms. The molecular weight excluding hydrogens is 656 g/mol. The van der Waals surface area contributed by atoms with E-state index in [2.05, 4.69) is 5.32 Å². The molecule has 1 aliphatic rings. The summed E-state index contributed by atoms with van der Waals surface area (Å²) in [5, 5.41) is 2.72. The maximum Gasteiger partial charge on any atom is 0.514 e. The number of nitrogens with zero attached hydrogens (tertiary/aromatic N) is 1. The number of hydrogen-bond donors (Lipinski definition) is 1. The van der Waals surface area contributed by atoms with Crippen LogP contribution in [0.25, 0.3) is 11.1 Å². The first-order chi connectivity index (χ1) is 24.2. The molecule has 4 rings (SSSR count). The normalized spacial score (nSPS) is 17.7. The van der Waals surface area contributed by atoms with E-state index in [0.29, 0.717) is 41.0 Å². The van der Waals surface area contributed by atoms with Crippen LogP contribution < -0.4 is 14.8 Å². The third kappa shape index (κ3) is 10.3. The molecule has 0 saturated carbocycles. The van der Waals surface area contributed by atoms with Crippen LogP contribution in [-0.2, 0) is 41.6 Å². The van der Waals surface area contributed by atoms with Crippen LogP contribution in [0.15, 0.2) is 66.7 Å². The SMILES string of the molecule is CCCOc1ccc2cc1-c1cc(ccc1OC(=O)OC(C)(C)C)C[C@@H](C(=O)OC)NC(=O)[C@H](C)CC(=O)[C@H]2N(C)C(=O)OCc1ccccc1. The molecule has 3 aromatic carbocycles. The van der Waals surface area contributed by atoms with Gasteiger partial charge in [0.05, 0.1) is 13.7 Å². The van der Waals surface area contributed by atoms with Crippen molar-refractivity contribution in [1.82, 2.24) is 10.2 Å². The zero-order valence-electron chi connectivity index (χ0n) is 30.1. The van der Waals surface area contributed by atoms with Gasteiger partial charge in [0.25, 0.3) is 0 Å². The van der Waals surface area contributed by atoms with E-state index in [1.54, 1.807) is 64.1 Å². The number of rotatable bonds is 8. The van der Waals surface area contributed by atoms with Crippen LogP contribution in [0, 0.1) is 5.92 Å². The number of carbonyl (C=O) groups is 5. The van der Waals surface area contributed by atoms with Crippen LogP contribution in [0.5, 0.6) is 11.5 Å². The fraction of sp³-hybridized carbons (Fsp3) is 0.410. The fourth-order valence-electron chi connectivity index (χ4n) is 5.57. The number of ketones is 1. The smallest absolute Gasteiger partial charge is 0.493 e. The van der Waals surface area contributed by atoms with Gasteiger partial charge >= 0.3 is 18.2 Å². The Morgan fingerprint density at radius 1 is 0.922 bits per heavy atom. The minimum Gasteiger partial charge on any atom is -0.493 e. The van der Waals surface area contributed by atoms with Gasteiger partial charge < -0.3 is 29.0 Å². The molecule has 0 radical (unpaired) electrons. The summed E-state index contributed by atoms with van der Waals surface area (Å²) in [6.07, 6.45) is -1.24. The summed E-state index contributed by atoms with van der Waals surface area (Å²) in [5.41, 5.74) is 1.77. The number of nitrogens with one attached hydrogen (secondary N) is 1. The van der Waals surface area contributed by atoms with E-state index in [4.69, 9.17) is 23.7 Å². The monoisotopic (exact) mass is 702 g/mol. The molecule has 1 heterocycles. The molecule has 1 aliphatic heterocycles. The van der Waals surface area contributed by atoms with Crippen LogP contribution in [-0.4, -0.2) is 67.2 Å². The first-order valence-electron chi connectivity index (χ1n) is 16.9. The van der Waals surface area contributed by atoms with Crippen molar-refractivity contribution in [2.24, 2.45) is 5.92 Å². The molecular formula is C39H46N2O10. The zero-order valence-corrected chi connectivity index (χ0v) is 30.1. The van der Waals surface area contributed by atoms with Crippen LogP contribution in [0.4, 0.5) is 9.59 Å². The van der Waals surface area contributed by atoms with Gasteiger partial charge in [0, 0.05) is 36.9 Å². The third-order valence-corrected chi connectivity index (χ3v) is 8.08. The van der Waals surface area contributed by atoms with Gasteiger partial charge in [-0.2, -0.15) is 0 Å². The number of likely N-dealkylation sites (N-methyl/N-ethyl adjacent to an activating group) is 1. The predicted molar refractivity (Wildman–Crippen MR) is 188 cm³/mol. The molecule has 272 valence electrons. The highest BCUT2D eigenvalue weighted by Gasteiger charge is 2.34. The second kappa shape index (κ2) is 17.0. The quantitative estimate of drug-likeness (QED) is 0.155. The number of Topliss-reactive ketones (excluding diaryl/α,β-unsaturated/α-hetero) is 1. The van der Waals surface area contributed by atoms with Crippen molar-refractivity contribution >= 4 is 29.9 Å². The van der Waals surface area contributed by atoms with Gasteiger partial charge in [-0.05, 0) is 68.1 Å². The number of hydrogen-bond acceptors (Lipinski definition) is 10. The topological polar surface area (TPSA) is 147 Å². The molecule has 51 heavy (non-hydrogen) atoms. The van der Waals surface area contributed by atoms with E-state index in [-0.39, 0.29) is 25.2 Å². The number of ether oxygens (including phenoxy) is 5. The Morgan fingerprint density at radius 3 is 2.27 bits per heavy atom.